The van der Waals surface area contributed by atoms with Gasteiger partial charge < -0.3 is 5.32 Å². The molecule has 7 heteroatoms. The molecule has 1 heterocycles. The lowest BCUT2D eigenvalue weighted by Crippen LogP contribution is -2.20. The van der Waals surface area contributed by atoms with Crippen LogP contribution >= 0.6 is 11.3 Å². The number of anilines is 2. The predicted octanol–water partition coefficient (Wildman–Crippen LogP) is 4.77. The number of aromatic nitrogens is 1. The van der Waals surface area contributed by atoms with Crippen LogP contribution in [-0.2, 0) is 17.6 Å². The van der Waals surface area contributed by atoms with Gasteiger partial charge in [-0.15, -0.1) is 11.3 Å². The molecule has 0 bridgehead atoms. The average molecular weight is 409 g/mol. The average Bonchev–Trinajstić information content (AvgIpc) is 3.29. The molecule has 3 aromatic rings. The molecule has 1 unspecified atom stereocenters. The number of hydrogen-bond acceptors (Lipinski definition) is 4. The van der Waals surface area contributed by atoms with E-state index in [-0.39, 0.29) is 17.7 Å². The van der Waals surface area contributed by atoms with Crippen LogP contribution in [0.25, 0.3) is 0 Å². The van der Waals surface area contributed by atoms with Crippen molar-refractivity contribution in [3.8, 4) is 0 Å². The van der Waals surface area contributed by atoms with Crippen molar-refractivity contribution in [3.63, 3.8) is 0 Å². The fourth-order valence-electron chi connectivity index (χ4n) is 3.36. The Morgan fingerprint density at radius 3 is 2.52 bits per heavy atom. The molecule has 0 saturated heterocycles. The SMILES string of the molecule is CCc1ccc(NC(=O)C2CCc3sc(NC(=O)c4ccc(F)cc4)nc32)cc1. The summed E-state index contributed by atoms with van der Waals surface area (Å²) in [5.41, 5.74) is 3.06. The van der Waals surface area contributed by atoms with Crippen molar-refractivity contribution in [1.29, 1.82) is 0 Å². The summed E-state index contributed by atoms with van der Waals surface area (Å²) in [4.78, 5) is 30.6. The van der Waals surface area contributed by atoms with E-state index in [2.05, 4.69) is 22.5 Å². The molecule has 0 fully saturated rings. The van der Waals surface area contributed by atoms with E-state index < -0.39 is 5.82 Å². The topological polar surface area (TPSA) is 71.1 Å². The third kappa shape index (κ3) is 4.19. The van der Waals surface area contributed by atoms with Crippen molar-refractivity contribution in [1.82, 2.24) is 4.98 Å². The van der Waals surface area contributed by atoms with E-state index in [0.29, 0.717) is 17.1 Å². The molecule has 29 heavy (non-hydrogen) atoms. The van der Waals surface area contributed by atoms with Crippen molar-refractivity contribution >= 4 is 34.0 Å². The Hall–Kier alpha value is -3.06. The van der Waals surface area contributed by atoms with Crippen molar-refractivity contribution in [3.05, 3.63) is 76.0 Å². The first-order valence-electron chi connectivity index (χ1n) is 9.50. The van der Waals surface area contributed by atoms with Gasteiger partial charge in [0.05, 0.1) is 11.6 Å². The summed E-state index contributed by atoms with van der Waals surface area (Å²) in [6.07, 6.45) is 2.41. The van der Waals surface area contributed by atoms with Crippen LogP contribution in [-0.4, -0.2) is 16.8 Å². The number of amides is 2. The quantitative estimate of drug-likeness (QED) is 0.638. The number of aryl methyl sites for hydroxylation is 2. The second kappa shape index (κ2) is 8.13. The van der Waals surface area contributed by atoms with Crippen molar-refractivity contribution in [2.24, 2.45) is 0 Å². The van der Waals surface area contributed by atoms with Crippen LogP contribution < -0.4 is 10.6 Å². The van der Waals surface area contributed by atoms with E-state index in [0.717, 1.165) is 29.1 Å². The van der Waals surface area contributed by atoms with Crippen molar-refractivity contribution in [2.45, 2.75) is 32.1 Å². The highest BCUT2D eigenvalue weighted by Gasteiger charge is 2.33. The number of rotatable bonds is 5. The first-order valence-corrected chi connectivity index (χ1v) is 10.3. The van der Waals surface area contributed by atoms with Crippen LogP contribution in [0.3, 0.4) is 0 Å². The smallest absolute Gasteiger partial charge is 0.257 e. The van der Waals surface area contributed by atoms with Crippen LogP contribution in [0.15, 0.2) is 48.5 Å². The Morgan fingerprint density at radius 1 is 1.10 bits per heavy atom. The molecule has 1 aliphatic carbocycles. The molecule has 0 radical (unpaired) electrons. The molecule has 1 aromatic heterocycles. The zero-order chi connectivity index (χ0) is 20.4. The van der Waals surface area contributed by atoms with Gasteiger partial charge in [-0.25, -0.2) is 9.37 Å². The van der Waals surface area contributed by atoms with Gasteiger partial charge in [0.1, 0.15) is 5.82 Å². The fourth-order valence-corrected chi connectivity index (χ4v) is 4.39. The molecule has 0 spiro atoms. The maximum atomic E-state index is 13.0. The van der Waals surface area contributed by atoms with Gasteiger partial charge in [-0.05, 0) is 61.2 Å². The molecule has 5 nitrogen and oxygen atoms in total. The standard InChI is InChI=1S/C22H20FN3O2S/c1-2-13-3-9-16(10-4-13)24-21(28)17-11-12-18-19(17)25-22(29-18)26-20(27)14-5-7-15(23)8-6-14/h3-10,17H,2,11-12H2,1H3,(H,24,28)(H,25,26,27). The van der Waals surface area contributed by atoms with Gasteiger partial charge in [-0.1, -0.05) is 19.1 Å². The van der Waals surface area contributed by atoms with Crippen LogP contribution in [0.5, 0.6) is 0 Å². The minimum atomic E-state index is -0.395. The minimum Gasteiger partial charge on any atom is -0.326 e. The molecule has 2 aromatic carbocycles. The highest BCUT2D eigenvalue weighted by Crippen LogP contribution is 2.39. The second-order valence-corrected chi connectivity index (χ2v) is 8.00. The predicted molar refractivity (Wildman–Crippen MR) is 112 cm³/mol. The molecular formula is C22H20FN3O2S. The molecule has 4 rings (SSSR count). The minimum absolute atomic E-state index is 0.0882. The Balaban J connectivity index is 1.44. The van der Waals surface area contributed by atoms with E-state index in [9.17, 15) is 14.0 Å². The Morgan fingerprint density at radius 2 is 1.83 bits per heavy atom. The number of nitrogens with one attached hydrogen (secondary N) is 2. The molecule has 0 saturated carbocycles. The summed E-state index contributed by atoms with van der Waals surface area (Å²) in [6.45, 7) is 2.09. The number of halogens is 1. The van der Waals surface area contributed by atoms with Gasteiger partial charge in [-0.2, -0.15) is 0 Å². The van der Waals surface area contributed by atoms with Crippen molar-refractivity contribution < 1.29 is 14.0 Å². The number of carbonyl (C=O) groups is 2. The maximum absolute atomic E-state index is 13.0. The number of carbonyl (C=O) groups excluding carboxylic acids is 2. The monoisotopic (exact) mass is 409 g/mol. The number of thiazole rings is 1. The normalized spacial score (nSPS) is 15.0. The Labute approximate surface area is 172 Å². The highest BCUT2D eigenvalue weighted by atomic mass is 32.1. The summed E-state index contributed by atoms with van der Waals surface area (Å²) in [6, 6.07) is 13.1. The molecule has 0 aliphatic heterocycles. The Bertz CT molecular complexity index is 1040. The first-order chi connectivity index (χ1) is 14.0. The Kier molecular flexibility index (Phi) is 5.40. The van der Waals surface area contributed by atoms with Gasteiger partial charge >= 0.3 is 0 Å². The molecule has 2 amide bonds. The third-order valence-electron chi connectivity index (χ3n) is 4.99. The number of benzene rings is 2. The highest BCUT2D eigenvalue weighted by molar-refractivity contribution is 7.16. The summed E-state index contributed by atoms with van der Waals surface area (Å²) in [5.74, 6) is -1.17. The van der Waals surface area contributed by atoms with Crippen LogP contribution in [0.2, 0.25) is 0 Å². The number of fused-ring (bicyclic) bond motifs is 1. The summed E-state index contributed by atoms with van der Waals surface area (Å²) >= 11 is 1.38. The van der Waals surface area contributed by atoms with Crippen LogP contribution in [0, 0.1) is 5.82 Å². The van der Waals surface area contributed by atoms with Crippen LogP contribution in [0.4, 0.5) is 15.2 Å². The van der Waals surface area contributed by atoms with Gasteiger partial charge in [-0.3, -0.25) is 14.9 Å². The molecule has 148 valence electrons. The van der Waals surface area contributed by atoms with E-state index in [1.807, 2.05) is 24.3 Å². The van der Waals surface area contributed by atoms with E-state index in [1.54, 1.807) is 0 Å². The zero-order valence-corrected chi connectivity index (χ0v) is 16.7. The third-order valence-corrected chi connectivity index (χ3v) is 6.04. The van der Waals surface area contributed by atoms with E-state index in [4.69, 9.17) is 0 Å². The summed E-state index contributed by atoms with van der Waals surface area (Å²) < 4.78 is 13.0. The zero-order valence-electron chi connectivity index (χ0n) is 15.9. The largest absolute Gasteiger partial charge is 0.326 e. The number of nitrogens with zero attached hydrogens (tertiary/aromatic N) is 1. The molecule has 2 N–H and O–H groups in total. The van der Waals surface area contributed by atoms with Crippen molar-refractivity contribution in [2.75, 3.05) is 10.6 Å². The molecule has 1 aliphatic rings. The fraction of sp³-hybridized carbons (Fsp3) is 0.227. The van der Waals surface area contributed by atoms with Gasteiger partial charge in [0, 0.05) is 16.1 Å². The second-order valence-electron chi connectivity index (χ2n) is 6.92. The lowest BCUT2D eigenvalue weighted by molar-refractivity contribution is -0.117. The molecule has 1 atom stereocenters. The van der Waals surface area contributed by atoms with Gasteiger partial charge in [0.25, 0.3) is 5.91 Å². The first kappa shape index (κ1) is 19.3. The van der Waals surface area contributed by atoms with Gasteiger partial charge in [0.15, 0.2) is 5.13 Å². The lowest BCUT2D eigenvalue weighted by atomic mass is 10.1. The number of hydrogen-bond donors (Lipinski definition) is 2. The molecular weight excluding hydrogens is 389 g/mol. The summed E-state index contributed by atoms with van der Waals surface area (Å²) in [5, 5.41) is 6.16. The lowest BCUT2D eigenvalue weighted by Gasteiger charge is -2.11. The van der Waals surface area contributed by atoms with Gasteiger partial charge in [0.2, 0.25) is 5.91 Å². The van der Waals surface area contributed by atoms with E-state index >= 15 is 0 Å². The van der Waals surface area contributed by atoms with Crippen LogP contribution in [0.1, 0.15) is 45.8 Å². The van der Waals surface area contributed by atoms with E-state index in [1.165, 1.54) is 41.2 Å². The maximum Gasteiger partial charge on any atom is 0.257 e. The summed E-state index contributed by atoms with van der Waals surface area (Å²) in [7, 11) is 0.